The molecule has 0 aliphatic carbocycles. The van der Waals surface area contributed by atoms with E-state index in [1.165, 1.54) is 0 Å². The van der Waals surface area contributed by atoms with Crippen molar-refractivity contribution in [2.45, 2.75) is 39.3 Å². The SMILES string of the molecule is CCCNC(c1cccc(Cl)c1F)c1ccnn1CCC. The molecule has 0 aliphatic rings. The molecule has 0 amide bonds. The fraction of sp³-hybridized carbons (Fsp3) is 0.438. The number of benzene rings is 1. The van der Waals surface area contributed by atoms with Crippen molar-refractivity contribution in [1.82, 2.24) is 15.1 Å². The van der Waals surface area contributed by atoms with E-state index in [2.05, 4.69) is 24.3 Å². The third kappa shape index (κ3) is 3.63. The van der Waals surface area contributed by atoms with Gasteiger partial charge in [0.15, 0.2) is 0 Å². The Kier molecular flexibility index (Phi) is 5.76. The molecular weight excluding hydrogens is 289 g/mol. The van der Waals surface area contributed by atoms with E-state index in [-0.39, 0.29) is 16.9 Å². The zero-order valence-corrected chi connectivity index (χ0v) is 13.2. The summed E-state index contributed by atoms with van der Waals surface area (Å²) in [4.78, 5) is 0. The molecule has 114 valence electrons. The summed E-state index contributed by atoms with van der Waals surface area (Å²) in [6.07, 6.45) is 3.71. The van der Waals surface area contributed by atoms with Gasteiger partial charge >= 0.3 is 0 Å². The second kappa shape index (κ2) is 7.57. The van der Waals surface area contributed by atoms with Crippen molar-refractivity contribution in [3.05, 3.63) is 52.6 Å². The van der Waals surface area contributed by atoms with Crippen LogP contribution >= 0.6 is 11.6 Å². The van der Waals surface area contributed by atoms with Gasteiger partial charge in [0.2, 0.25) is 0 Å². The van der Waals surface area contributed by atoms with Gasteiger partial charge in [-0.2, -0.15) is 5.10 Å². The van der Waals surface area contributed by atoms with Gasteiger partial charge in [0, 0.05) is 18.3 Å². The van der Waals surface area contributed by atoms with Crippen LogP contribution < -0.4 is 5.32 Å². The van der Waals surface area contributed by atoms with Crippen LogP contribution in [0.2, 0.25) is 5.02 Å². The van der Waals surface area contributed by atoms with Crippen LogP contribution in [0.25, 0.3) is 0 Å². The number of rotatable bonds is 7. The van der Waals surface area contributed by atoms with Crippen LogP contribution in [-0.4, -0.2) is 16.3 Å². The molecule has 1 aromatic heterocycles. The fourth-order valence-corrected chi connectivity index (χ4v) is 2.57. The van der Waals surface area contributed by atoms with Gasteiger partial charge in [-0.25, -0.2) is 4.39 Å². The summed E-state index contributed by atoms with van der Waals surface area (Å²) in [5.74, 6) is -0.364. The minimum atomic E-state index is -0.364. The molecule has 0 aliphatic heterocycles. The van der Waals surface area contributed by atoms with E-state index in [4.69, 9.17) is 11.6 Å². The Labute approximate surface area is 130 Å². The summed E-state index contributed by atoms with van der Waals surface area (Å²) < 4.78 is 16.3. The molecule has 0 radical (unpaired) electrons. The van der Waals surface area contributed by atoms with Crippen molar-refractivity contribution in [1.29, 1.82) is 0 Å². The zero-order valence-electron chi connectivity index (χ0n) is 12.4. The second-order valence-corrected chi connectivity index (χ2v) is 5.42. The van der Waals surface area contributed by atoms with Crippen molar-refractivity contribution >= 4 is 11.6 Å². The summed E-state index contributed by atoms with van der Waals surface area (Å²) in [6, 6.07) is 6.82. The van der Waals surface area contributed by atoms with Crippen molar-refractivity contribution in [3.63, 3.8) is 0 Å². The molecule has 1 N–H and O–H groups in total. The minimum Gasteiger partial charge on any atom is -0.305 e. The standard InChI is InChI=1S/C16H21ClFN3/c1-3-9-19-16(12-6-5-7-13(17)15(12)18)14-8-10-20-21(14)11-4-2/h5-8,10,16,19H,3-4,9,11H2,1-2H3. The Morgan fingerprint density at radius 3 is 2.81 bits per heavy atom. The smallest absolute Gasteiger partial charge is 0.146 e. The molecule has 1 heterocycles. The highest BCUT2D eigenvalue weighted by Gasteiger charge is 2.21. The first-order valence-electron chi connectivity index (χ1n) is 7.38. The Balaban J connectivity index is 2.42. The molecule has 3 nitrogen and oxygen atoms in total. The normalized spacial score (nSPS) is 12.6. The molecule has 21 heavy (non-hydrogen) atoms. The summed E-state index contributed by atoms with van der Waals surface area (Å²) in [6.45, 7) is 5.80. The molecule has 1 atom stereocenters. The van der Waals surface area contributed by atoms with E-state index in [9.17, 15) is 4.39 Å². The molecule has 0 saturated carbocycles. The molecule has 2 rings (SSSR count). The molecule has 0 fully saturated rings. The Morgan fingerprint density at radius 2 is 2.10 bits per heavy atom. The van der Waals surface area contributed by atoms with Crippen LogP contribution in [0.1, 0.15) is 44.0 Å². The third-order valence-electron chi connectivity index (χ3n) is 3.37. The van der Waals surface area contributed by atoms with Crippen LogP contribution in [0.15, 0.2) is 30.5 Å². The maximum absolute atomic E-state index is 14.4. The lowest BCUT2D eigenvalue weighted by Crippen LogP contribution is -2.26. The Morgan fingerprint density at radius 1 is 1.29 bits per heavy atom. The lowest BCUT2D eigenvalue weighted by atomic mass is 10.0. The molecule has 1 unspecified atom stereocenters. The van der Waals surface area contributed by atoms with Gasteiger partial charge in [-0.15, -0.1) is 0 Å². The first-order chi connectivity index (χ1) is 10.2. The number of hydrogen-bond acceptors (Lipinski definition) is 2. The van der Waals surface area contributed by atoms with Crippen molar-refractivity contribution in [2.75, 3.05) is 6.54 Å². The van der Waals surface area contributed by atoms with E-state index >= 15 is 0 Å². The average molecular weight is 310 g/mol. The van der Waals surface area contributed by atoms with E-state index in [0.29, 0.717) is 5.56 Å². The van der Waals surface area contributed by atoms with Crippen LogP contribution in [0.4, 0.5) is 4.39 Å². The van der Waals surface area contributed by atoms with Crippen molar-refractivity contribution in [2.24, 2.45) is 0 Å². The van der Waals surface area contributed by atoms with Crippen molar-refractivity contribution in [3.8, 4) is 0 Å². The minimum absolute atomic E-state index is 0.150. The monoisotopic (exact) mass is 309 g/mol. The molecule has 2 aromatic rings. The van der Waals surface area contributed by atoms with Crippen molar-refractivity contribution < 1.29 is 4.39 Å². The van der Waals surface area contributed by atoms with Gasteiger partial charge < -0.3 is 5.32 Å². The largest absolute Gasteiger partial charge is 0.305 e. The summed E-state index contributed by atoms with van der Waals surface area (Å²) in [5, 5.41) is 7.88. The maximum atomic E-state index is 14.4. The van der Waals surface area contributed by atoms with Crippen LogP contribution in [0.3, 0.4) is 0 Å². The molecule has 0 spiro atoms. The van der Waals surface area contributed by atoms with Gasteiger partial charge in [-0.3, -0.25) is 4.68 Å². The third-order valence-corrected chi connectivity index (χ3v) is 3.66. The highest BCUT2D eigenvalue weighted by molar-refractivity contribution is 6.30. The van der Waals surface area contributed by atoms with E-state index in [0.717, 1.165) is 31.6 Å². The van der Waals surface area contributed by atoms with E-state index in [1.54, 1.807) is 24.4 Å². The average Bonchev–Trinajstić information content (AvgIpc) is 2.92. The predicted octanol–water partition coefficient (Wildman–Crippen LogP) is 4.17. The summed E-state index contributed by atoms with van der Waals surface area (Å²) in [5.41, 5.74) is 1.53. The maximum Gasteiger partial charge on any atom is 0.146 e. The number of hydrogen-bond donors (Lipinski definition) is 1. The Hall–Kier alpha value is -1.39. The number of nitrogens with zero attached hydrogens (tertiary/aromatic N) is 2. The number of nitrogens with one attached hydrogen (secondary N) is 1. The van der Waals surface area contributed by atoms with Gasteiger partial charge in [0.1, 0.15) is 5.82 Å². The highest BCUT2D eigenvalue weighted by atomic mass is 35.5. The number of aromatic nitrogens is 2. The first-order valence-corrected chi connectivity index (χ1v) is 7.75. The second-order valence-electron chi connectivity index (χ2n) is 5.01. The zero-order chi connectivity index (χ0) is 15.2. The summed E-state index contributed by atoms with van der Waals surface area (Å²) >= 11 is 5.93. The first kappa shape index (κ1) is 16.0. The molecule has 5 heteroatoms. The van der Waals surface area contributed by atoms with Crippen LogP contribution in [0.5, 0.6) is 0 Å². The van der Waals surface area contributed by atoms with Gasteiger partial charge in [-0.05, 0) is 31.5 Å². The van der Waals surface area contributed by atoms with Gasteiger partial charge in [-0.1, -0.05) is 37.6 Å². The molecule has 1 aromatic carbocycles. The molecule has 0 bridgehead atoms. The van der Waals surface area contributed by atoms with Crippen LogP contribution in [-0.2, 0) is 6.54 Å². The summed E-state index contributed by atoms with van der Waals surface area (Å²) in [7, 11) is 0. The van der Waals surface area contributed by atoms with E-state index in [1.807, 2.05) is 10.7 Å². The predicted molar refractivity (Wildman–Crippen MR) is 84.1 cm³/mol. The lowest BCUT2D eigenvalue weighted by molar-refractivity contribution is 0.494. The molecular formula is C16H21ClFN3. The highest BCUT2D eigenvalue weighted by Crippen LogP contribution is 2.28. The lowest BCUT2D eigenvalue weighted by Gasteiger charge is -2.21. The Bertz CT molecular complexity index is 583. The van der Waals surface area contributed by atoms with Crippen LogP contribution in [0, 0.1) is 5.82 Å². The number of halogens is 2. The molecule has 0 saturated heterocycles. The quantitative estimate of drug-likeness (QED) is 0.831. The van der Waals surface area contributed by atoms with E-state index < -0.39 is 0 Å². The topological polar surface area (TPSA) is 29.9 Å². The van der Waals surface area contributed by atoms with Gasteiger partial charge in [0.25, 0.3) is 0 Å². The van der Waals surface area contributed by atoms with Gasteiger partial charge in [0.05, 0.1) is 16.8 Å². The fourth-order valence-electron chi connectivity index (χ4n) is 2.39. The number of aryl methyl sites for hydroxylation is 1.